The van der Waals surface area contributed by atoms with Gasteiger partial charge in [0, 0.05) is 36.4 Å². The minimum Gasteiger partial charge on any atom is -0.493 e. The Hall–Kier alpha value is -4.47. The Morgan fingerprint density at radius 2 is 2.13 bits per heavy atom. The van der Waals surface area contributed by atoms with Crippen molar-refractivity contribution in [3.05, 3.63) is 93.9 Å². The van der Waals surface area contributed by atoms with Crippen LogP contribution in [0.4, 0.5) is 5.69 Å². The van der Waals surface area contributed by atoms with Crippen LogP contribution >= 0.6 is 0 Å². The van der Waals surface area contributed by atoms with E-state index in [9.17, 15) is 9.90 Å². The number of aromatic hydroxyl groups is 1. The summed E-state index contributed by atoms with van der Waals surface area (Å²) in [7, 11) is 0. The highest BCUT2D eigenvalue weighted by atomic mass is 16.3. The molecule has 0 atom stereocenters. The van der Waals surface area contributed by atoms with Crippen LogP contribution in [0.15, 0.2) is 71.2 Å². The van der Waals surface area contributed by atoms with Gasteiger partial charge in [0.05, 0.1) is 18.2 Å². The lowest BCUT2D eigenvalue weighted by molar-refractivity contribution is 0.454. The van der Waals surface area contributed by atoms with E-state index in [2.05, 4.69) is 30.0 Å². The first-order chi connectivity index (χ1) is 14.6. The number of nitrogens with one attached hydrogen (secondary N) is 2. The van der Waals surface area contributed by atoms with Crippen LogP contribution < -0.4 is 16.4 Å². The van der Waals surface area contributed by atoms with E-state index in [0.29, 0.717) is 22.9 Å². The number of rotatable bonds is 4. The van der Waals surface area contributed by atoms with Crippen LogP contribution in [-0.4, -0.2) is 39.2 Å². The van der Waals surface area contributed by atoms with E-state index >= 15 is 0 Å². The minimum atomic E-state index is -0.491. The van der Waals surface area contributed by atoms with Gasteiger partial charge in [-0.15, -0.1) is 0 Å². The third-order valence-corrected chi connectivity index (χ3v) is 4.50. The molecular formula is C20H16N8O2. The fourth-order valence-electron chi connectivity index (χ4n) is 3.14. The van der Waals surface area contributed by atoms with Gasteiger partial charge < -0.3 is 14.7 Å². The van der Waals surface area contributed by atoms with Crippen molar-refractivity contribution in [3.63, 3.8) is 0 Å². The number of aromatic nitrogens is 7. The predicted octanol–water partition coefficient (Wildman–Crippen LogP) is 0.476. The average Bonchev–Trinajstić information content (AvgIpc) is 3.44. The van der Waals surface area contributed by atoms with Crippen molar-refractivity contribution < 1.29 is 5.11 Å². The smallest absolute Gasteiger partial charge is 0.326 e. The van der Waals surface area contributed by atoms with Gasteiger partial charge in [0.15, 0.2) is 11.1 Å². The van der Waals surface area contributed by atoms with Gasteiger partial charge in [-0.2, -0.15) is 5.10 Å². The van der Waals surface area contributed by atoms with Crippen LogP contribution in [0.25, 0.3) is 11.7 Å². The first-order valence-corrected chi connectivity index (χ1v) is 9.11. The van der Waals surface area contributed by atoms with E-state index in [1.54, 1.807) is 41.6 Å². The Labute approximate surface area is 168 Å². The van der Waals surface area contributed by atoms with E-state index in [4.69, 9.17) is 0 Å². The number of imidazole rings is 2. The quantitative estimate of drug-likeness (QED) is 0.404. The van der Waals surface area contributed by atoms with Crippen LogP contribution in [0.1, 0.15) is 11.3 Å². The fourth-order valence-corrected chi connectivity index (χ4v) is 3.14. The molecule has 3 N–H and O–H groups in total. The molecule has 5 aromatic rings. The van der Waals surface area contributed by atoms with Gasteiger partial charge >= 0.3 is 5.69 Å². The summed E-state index contributed by atoms with van der Waals surface area (Å²) in [5.74, 6) is -0.241. The van der Waals surface area contributed by atoms with Gasteiger partial charge in [-0.1, -0.05) is 12.1 Å². The fraction of sp³-hybridized carbons (Fsp3) is 0.0500. The zero-order chi connectivity index (χ0) is 20.5. The molecule has 0 aliphatic carbocycles. The molecule has 0 saturated carbocycles. The SMILES string of the molecule is O=c1[nH]c(O)c(/C=c2/cnn3ccc(=Nc4cccc(Cn5ccnc5)c4)nc23)[nH]1. The second-order valence-corrected chi connectivity index (χ2v) is 6.66. The standard InChI is InChI=1S/C20H16N8O2/c29-19-16(24-20(30)26-19)9-14-10-22-28-6-4-17(25-18(14)28)23-15-3-1-2-13(8-15)11-27-7-5-21-12-27/h1-10,12,29H,11H2,(H2,24,26,30)/b14-9-,23-17?. The van der Waals surface area contributed by atoms with Gasteiger partial charge in [0.2, 0.25) is 5.88 Å². The molecule has 148 valence electrons. The second kappa shape index (κ2) is 7.17. The molecule has 0 aliphatic rings. The molecular weight excluding hydrogens is 384 g/mol. The number of fused-ring (bicyclic) bond motifs is 1. The lowest BCUT2D eigenvalue weighted by Gasteiger charge is -2.03. The maximum absolute atomic E-state index is 11.3. The molecule has 4 heterocycles. The lowest BCUT2D eigenvalue weighted by atomic mass is 10.2. The Balaban J connectivity index is 1.54. The van der Waals surface area contributed by atoms with E-state index in [1.165, 1.54) is 0 Å². The maximum atomic E-state index is 11.3. The number of nitrogens with zero attached hydrogens (tertiary/aromatic N) is 6. The summed E-state index contributed by atoms with van der Waals surface area (Å²) in [6.45, 7) is 0.704. The molecule has 0 amide bonds. The summed E-state index contributed by atoms with van der Waals surface area (Å²) in [5.41, 5.74) is 2.71. The molecule has 10 heteroatoms. The van der Waals surface area contributed by atoms with Crippen LogP contribution in [0, 0.1) is 0 Å². The van der Waals surface area contributed by atoms with E-state index < -0.39 is 5.69 Å². The highest BCUT2D eigenvalue weighted by Gasteiger charge is 2.05. The third-order valence-electron chi connectivity index (χ3n) is 4.50. The molecule has 0 aliphatic heterocycles. The van der Waals surface area contributed by atoms with Crippen molar-refractivity contribution in [3.8, 4) is 5.88 Å². The molecule has 0 unspecified atom stereocenters. The molecule has 0 saturated heterocycles. The van der Waals surface area contributed by atoms with Crippen molar-refractivity contribution in [2.75, 3.05) is 0 Å². The van der Waals surface area contributed by atoms with E-state index in [0.717, 1.165) is 11.3 Å². The summed E-state index contributed by atoms with van der Waals surface area (Å²) >= 11 is 0. The first kappa shape index (κ1) is 17.6. The summed E-state index contributed by atoms with van der Waals surface area (Å²) in [5, 5.41) is 14.7. The van der Waals surface area contributed by atoms with Crippen molar-refractivity contribution in [2.45, 2.75) is 6.54 Å². The molecule has 0 fully saturated rings. The first-order valence-electron chi connectivity index (χ1n) is 9.11. The molecule has 5 rings (SSSR count). The summed E-state index contributed by atoms with van der Waals surface area (Å²) in [6, 6.07) is 9.66. The van der Waals surface area contributed by atoms with Crippen LogP contribution in [-0.2, 0) is 6.54 Å². The maximum Gasteiger partial charge on any atom is 0.326 e. The van der Waals surface area contributed by atoms with Crippen molar-refractivity contribution >= 4 is 17.4 Å². The van der Waals surface area contributed by atoms with Gasteiger partial charge in [0.25, 0.3) is 0 Å². The summed E-state index contributed by atoms with van der Waals surface area (Å²) < 4.78 is 3.58. The predicted molar refractivity (Wildman–Crippen MR) is 108 cm³/mol. The van der Waals surface area contributed by atoms with E-state index in [-0.39, 0.29) is 11.6 Å². The third kappa shape index (κ3) is 3.49. The van der Waals surface area contributed by atoms with E-state index in [1.807, 2.05) is 35.0 Å². The van der Waals surface area contributed by atoms with Crippen molar-refractivity contribution in [1.29, 1.82) is 0 Å². The van der Waals surface area contributed by atoms with Gasteiger partial charge in [-0.3, -0.25) is 4.98 Å². The molecule has 0 spiro atoms. The van der Waals surface area contributed by atoms with Crippen LogP contribution in [0.2, 0.25) is 0 Å². The molecule has 1 aromatic carbocycles. The van der Waals surface area contributed by atoms with Crippen molar-refractivity contribution in [1.82, 2.24) is 34.1 Å². The van der Waals surface area contributed by atoms with Gasteiger partial charge in [-0.05, 0) is 23.8 Å². The largest absolute Gasteiger partial charge is 0.493 e. The molecule has 0 bridgehead atoms. The molecule has 0 radical (unpaired) electrons. The monoisotopic (exact) mass is 400 g/mol. The minimum absolute atomic E-state index is 0.241. The number of aromatic amines is 2. The highest BCUT2D eigenvalue weighted by molar-refractivity contribution is 5.56. The summed E-state index contributed by atoms with van der Waals surface area (Å²) in [6.07, 6.45) is 10.4. The molecule has 4 aromatic heterocycles. The zero-order valence-electron chi connectivity index (χ0n) is 15.6. The summed E-state index contributed by atoms with van der Waals surface area (Å²) in [4.78, 5) is 29.4. The van der Waals surface area contributed by atoms with Crippen molar-refractivity contribution in [2.24, 2.45) is 4.99 Å². The lowest BCUT2D eigenvalue weighted by Crippen LogP contribution is -2.13. The second-order valence-electron chi connectivity index (χ2n) is 6.66. The van der Waals surface area contributed by atoms with Gasteiger partial charge in [-0.25, -0.2) is 24.3 Å². The number of hydrogen-bond acceptors (Lipinski definition) is 6. The Morgan fingerprint density at radius 1 is 1.20 bits per heavy atom. The topological polar surface area (TPSA) is 129 Å². The Morgan fingerprint density at radius 3 is 2.93 bits per heavy atom. The Bertz CT molecular complexity index is 1510. The molecule has 10 nitrogen and oxygen atoms in total. The molecule has 30 heavy (non-hydrogen) atoms. The zero-order valence-corrected chi connectivity index (χ0v) is 15.6. The van der Waals surface area contributed by atoms with Gasteiger partial charge in [0.1, 0.15) is 5.69 Å². The average molecular weight is 400 g/mol. The van der Waals surface area contributed by atoms with Crippen LogP contribution in [0.5, 0.6) is 5.88 Å². The number of H-pyrrole nitrogens is 2. The normalized spacial score (nSPS) is 12.8. The number of benzene rings is 1. The Kier molecular flexibility index (Phi) is 4.21. The highest BCUT2D eigenvalue weighted by Crippen LogP contribution is 2.14. The number of hydrogen-bond donors (Lipinski definition) is 3. The van der Waals surface area contributed by atoms with Crippen LogP contribution in [0.3, 0.4) is 0 Å².